The first-order valence-electron chi connectivity index (χ1n) is 5.86. The van der Waals surface area contributed by atoms with E-state index in [0.717, 1.165) is 37.4 Å². The minimum atomic E-state index is 0.349. The molecule has 1 aliphatic heterocycles. The lowest BCUT2D eigenvalue weighted by Gasteiger charge is -2.18. The zero-order chi connectivity index (χ0) is 11.7. The number of rotatable bonds is 2. The Balaban J connectivity index is 1.82. The van der Waals surface area contributed by atoms with Crippen LogP contribution in [0.4, 0.5) is 0 Å². The molecule has 0 spiro atoms. The zero-order valence-corrected chi connectivity index (χ0v) is 9.76. The van der Waals surface area contributed by atoms with Gasteiger partial charge < -0.3 is 9.84 Å². The molecule has 1 saturated heterocycles. The maximum absolute atomic E-state index is 5.33. The maximum Gasteiger partial charge on any atom is 0.231 e. The predicted octanol–water partition coefficient (Wildman–Crippen LogP) is 0.937. The quantitative estimate of drug-likeness (QED) is 0.836. The van der Waals surface area contributed by atoms with Gasteiger partial charge >= 0.3 is 0 Å². The smallest absolute Gasteiger partial charge is 0.231 e. The van der Waals surface area contributed by atoms with Gasteiger partial charge in [-0.2, -0.15) is 10.1 Å². The van der Waals surface area contributed by atoms with Gasteiger partial charge in [0, 0.05) is 19.8 Å². The van der Waals surface area contributed by atoms with Crippen LogP contribution in [-0.2, 0) is 7.05 Å². The normalized spacial score (nSPS) is 20.6. The topological polar surface area (TPSA) is 68.8 Å². The summed E-state index contributed by atoms with van der Waals surface area (Å²) in [6.07, 6.45) is 5.90. The van der Waals surface area contributed by atoms with E-state index in [1.165, 1.54) is 0 Å². The molecule has 0 aliphatic carbocycles. The fraction of sp³-hybridized carbons (Fsp3) is 0.545. The zero-order valence-electron chi connectivity index (χ0n) is 9.76. The Hall–Kier alpha value is -1.69. The first-order chi connectivity index (χ1) is 8.33. The van der Waals surface area contributed by atoms with Crippen molar-refractivity contribution in [2.75, 3.05) is 13.1 Å². The first-order valence-corrected chi connectivity index (χ1v) is 5.86. The van der Waals surface area contributed by atoms with Crippen molar-refractivity contribution < 1.29 is 4.52 Å². The van der Waals surface area contributed by atoms with Crippen molar-refractivity contribution in [1.29, 1.82) is 0 Å². The Kier molecular flexibility index (Phi) is 2.64. The first kappa shape index (κ1) is 10.5. The Morgan fingerprint density at radius 2 is 2.47 bits per heavy atom. The second-order valence-corrected chi connectivity index (χ2v) is 4.40. The maximum atomic E-state index is 5.33. The Labute approximate surface area is 99.0 Å². The third-order valence-corrected chi connectivity index (χ3v) is 3.05. The molecule has 0 aromatic carbocycles. The summed E-state index contributed by atoms with van der Waals surface area (Å²) < 4.78 is 7.06. The van der Waals surface area contributed by atoms with Gasteiger partial charge in [0.25, 0.3) is 0 Å². The van der Waals surface area contributed by atoms with Gasteiger partial charge in [0.2, 0.25) is 11.7 Å². The van der Waals surface area contributed by atoms with Crippen molar-refractivity contribution in [3.05, 3.63) is 18.3 Å². The molecule has 3 heterocycles. The van der Waals surface area contributed by atoms with Gasteiger partial charge in [-0.25, -0.2) is 0 Å². The van der Waals surface area contributed by atoms with Crippen LogP contribution in [0.2, 0.25) is 0 Å². The van der Waals surface area contributed by atoms with Crippen LogP contribution in [0.5, 0.6) is 0 Å². The van der Waals surface area contributed by atoms with Gasteiger partial charge in [0.15, 0.2) is 0 Å². The van der Waals surface area contributed by atoms with Gasteiger partial charge in [-0.3, -0.25) is 4.68 Å². The van der Waals surface area contributed by atoms with E-state index >= 15 is 0 Å². The van der Waals surface area contributed by atoms with Gasteiger partial charge in [-0.15, -0.1) is 0 Å². The van der Waals surface area contributed by atoms with Crippen LogP contribution < -0.4 is 5.32 Å². The van der Waals surface area contributed by atoms with Gasteiger partial charge in [0.1, 0.15) is 0 Å². The molecule has 1 N–H and O–H groups in total. The standard InChI is InChI=1S/C11H15N5O/c1-16-7-9(6-13-16)10-14-11(17-15-10)8-3-2-4-12-5-8/h6-8,12H,2-5H2,1H3/t8-/m1/s1. The highest BCUT2D eigenvalue weighted by Crippen LogP contribution is 2.24. The molecule has 2 aromatic rings. The average Bonchev–Trinajstić information content (AvgIpc) is 2.98. The van der Waals surface area contributed by atoms with Crippen molar-refractivity contribution in [3.8, 4) is 11.4 Å². The van der Waals surface area contributed by atoms with Crippen LogP contribution in [0.15, 0.2) is 16.9 Å². The van der Waals surface area contributed by atoms with Crippen LogP contribution in [-0.4, -0.2) is 33.0 Å². The van der Waals surface area contributed by atoms with Gasteiger partial charge in [-0.05, 0) is 19.4 Å². The molecule has 0 saturated carbocycles. The van der Waals surface area contributed by atoms with E-state index in [0.29, 0.717) is 11.7 Å². The van der Waals surface area contributed by atoms with Crippen molar-refractivity contribution in [1.82, 2.24) is 25.2 Å². The van der Waals surface area contributed by atoms with E-state index in [2.05, 4.69) is 20.6 Å². The molecule has 6 nitrogen and oxygen atoms in total. The molecule has 1 aliphatic rings. The minimum Gasteiger partial charge on any atom is -0.339 e. The van der Waals surface area contributed by atoms with Crippen molar-refractivity contribution in [2.24, 2.45) is 7.05 Å². The highest BCUT2D eigenvalue weighted by molar-refractivity contribution is 5.51. The Bertz CT molecular complexity index is 497. The number of hydrogen-bond donors (Lipinski definition) is 1. The number of aryl methyl sites for hydroxylation is 1. The van der Waals surface area contributed by atoms with E-state index in [4.69, 9.17) is 4.52 Å². The van der Waals surface area contributed by atoms with Gasteiger partial charge in [-0.1, -0.05) is 5.16 Å². The van der Waals surface area contributed by atoms with E-state index in [-0.39, 0.29) is 0 Å². The molecule has 1 atom stereocenters. The van der Waals surface area contributed by atoms with E-state index < -0.39 is 0 Å². The third kappa shape index (κ3) is 2.08. The Morgan fingerprint density at radius 3 is 3.18 bits per heavy atom. The summed E-state index contributed by atoms with van der Waals surface area (Å²) in [7, 11) is 1.87. The summed E-state index contributed by atoms with van der Waals surface area (Å²) in [4.78, 5) is 4.45. The summed E-state index contributed by atoms with van der Waals surface area (Å²) in [5.74, 6) is 1.70. The number of nitrogens with one attached hydrogen (secondary N) is 1. The SMILES string of the molecule is Cn1cc(-c2noc([C@@H]3CCCNC3)n2)cn1. The molecular weight excluding hydrogens is 218 g/mol. The summed E-state index contributed by atoms with van der Waals surface area (Å²) >= 11 is 0. The average molecular weight is 233 g/mol. The molecule has 0 amide bonds. The molecule has 17 heavy (non-hydrogen) atoms. The number of hydrogen-bond acceptors (Lipinski definition) is 5. The molecule has 90 valence electrons. The third-order valence-electron chi connectivity index (χ3n) is 3.05. The number of aromatic nitrogens is 4. The molecule has 2 aromatic heterocycles. The fourth-order valence-corrected chi connectivity index (χ4v) is 2.12. The lowest BCUT2D eigenvalue weighted by molar-refractivity contribution is 0.322. The minimum absolute atomic E-state index is 0.349. The molecular formula is C11H15N5O. The fourth-order valence-electron chi connectivity index (χ4n) is 2.12. The summed E-state index contributed by atoms with van der Waals surface area (Å²) in [6, 6.07) is 0. The molecule has 0 unspecified atom stereocenters. The largest absolute Gasteiger partial charge is 0.339 e. The van der Waals surface area contributed by atoms with Crippen LogP contribution in [0, 0.1) is 0 Å². The Morgan fingerprint density at radius 1 is 1.53 bits per heavy atom. The second kappa shape index (κ2) is 4.29. The summed E-state index contributed by atoms with van der Waals surface area (Å²) in [5.41, 5.74) is 0.895. The summed E-state index contributed by atoms with van der Waals surface area (Å²) in [6.45, 7) is 2.01. The van der Waals surface area contributed by atoms with E-state index in [9.17, 15) is 0 Å². The van der Waals surface area contributed by atoms with Crippen LogP contribution in [0.1, 0.15) is 24.7 Å². The van der Waals surface area contributed by atoms with Crippen LogP contribution in [0.3, 0.4) is 0 Å². The van der Waals surface area contributed by atoms with Crippen molar-refractivity contribution in [2.45, 2.75) is 18.8 Å². The highest BCUT2D eigenvalue weighted by atomic mass is 16.5. The van der Waals surface area contributed by atoms with Gasteiger partial charge in [0.05, 0.1) is 17.7 Å². The molecule has 0 bridgehead atoms. The van der Waals surface area contributed by atoms with Crippen LogP contribution >= 0.6 is 0 Å². The molecule has 1 fully saturated rings. The lowest BCUT2D eigenvalue weighted by Crippen LogP contribution is -2.28. The van der Waals surface area contributed by atoms with E-state index in [1.54, 1.807) is 10.9 Å². The van der Waals surface area contributed by atoms with Crippen LogP contribution in [0.25, 0.3) is 11.4 Å². The van der Waals surface area contributed by atoms with E-state index in [1.807, 2.05) is 13.2 Å². The monoisotopic (exact) mass is 233 g/mol. The molecule has 0 radical (unpaired) electrons. The summed E-state index contributed by atoms with van der Waals surface area (Å²) in [5, 5.41) is 11.4. The predicted molar refractivity (Wildman–Crippen MR) is 61.3 cm³/mol. The number of piperidine rings is 1. The molecule has 6 heteroatoms. The molecule has 3 rings (SSSR count). The highest BCUT2D eigenvalue weighted by Gasteiger charge is 2.21. The lowest BCUT2D eigenvalue weighted by atomic mass is 10.00. The number of nitrogens with zero attached hydrogens (tertiary/aromatic N) is 4. The van der Waals surface area contributed by atoms with Crippen molar-refractivity contribution >= 4 is 0 Å². The second-order valence-electron chi connectivity index (χ2n) is 4.40. The van der Waals surface area contributed by atoms with Crippen molar-refractivity contribution in [3.63, 3.8) is 0 Å².